The topological polar surface area (TPSA) is 32.7 Å². The van der Waals surface area contributed by atoms with Crippen molar-refractivity contribution in [1.82, 2.24) is 4.90 Å². The van der Waals surface area contributed by atoms with Gasteiger partial charge in [0.15, 0.2) is 0 Å². The Kier molecular flexibility index (Phi) is 2.06. The second-order valence-corrected chi connectivity index (χ2v) is 5.01. The van der Waals surface area contributed by atoms with E-state index in [1.807, 2.05) is 0 Å². The van der Waals surface area contributed by atoms with Gasteiger partial charge in [0.2, 0.25) is 1.43 Å². The van der Waals surface area contributed by atoms with Crippen molar-refractivity contribution in [3.8, 4) is 5.75 Å². The van der Waals surface area contributed by atoms with Gasteiger partial charge in [-0.3, -0.25) is 0 Å². The summed E-state index contributed by atoms with van der Waals surface area (Å²) in [7, 11) is -1.47. The molecule has 1 N–H and O–H groups in total. The highest BCUT2D eigenvalue weighted by molar-refractivity contribution is 5.33. The van der Waals surface area contributed by atoms with Gasteiger partial charge in [-0.25, -0.2) is 0 Å². The quantitative estimate of drug-likeness (QED) is 0.894. The summed E-state index contributed by atoms with van der Waals surface area (Å²) in [5.74, 6) is -0.914. The molecule has 0 aliphatic heterocycles. The molecule has 19 heavy (non-hydrogen) atoms. The molecule has 3 heteroatoms. The third-order valence-electron chi connectivity index (χ3n) is 3.64. The summed E-state index contributed by atoms with van der Waals surface area (Å²) < 4.78 is 74.3. The van der Waals surface area contributed by atoms with E-state index in [2.05, 4.69) is 0 Å². The van der Waals surface area contributed by atoms with Gasteiger partial charge in [-0.15, -0.1) is 0 Å². The second-order valence-electron chi connectivity index (χ2n) is 5.01. The highest BCUT2D eigenvalue weighted by Gasteiger charge is 2.40. The maximum atomic E-state index is 8.54. The Morgan fingerprint density at radius 1 is 1.63 bits per heavy atom. The smallest absolute Gasteiger partial charge is 0.211 e. The number of nitrogens with zero attached hydrogens (tertiary/aromatic N) is 1. The van der Waals surface area contributed by atoms with E-state index < -0.39 is 32.0 Å². The van der Waals surface area contributed by atoms with Crippen molar-refractivity contribution in [2.45, 2.75) is 31.3 Å². The molecule has 0 unspecified atom stereocenters. The van der Waals surface area contributed by atoms with Crippen LogP contribution in [-0.4, -0.2) is 39.0 Å². The molecule has 3 nitrogen and oxygen atoms in total. The summed E-state index contributed by atoms with van der Waals surface area (Å²) >= 11 is 0. The van der Waals surface area contributed by atoms with E-state index in [0.29, 0.717) is 36.1 Å². The fraction of sp³-hybridized carbons (Fsp3) is 0.625. The van der Waals surface area contributed by atoms with E-state index in [9.17, 15) is 0 Å². The molecule has 0 amide bonds. The predicted octanol–water partition coefficient (Wildman–Crippen LogP) is 2.63. The van der Waals surface area contributed by atoms with E-state index in [0.717, 1.165) is 0 Å². The van der Waals surface area contributed by atoms with Crippen LogP contribution in [0, 0.1) is 5.92 Å². The zero-order chi connectivity index (χ0) is 21.4. The van der Waals surface area contributed by atoms with Crippen molar-refractivity contribution in [2.75, 3.05) is 27.6 Å². The van der Waals surface area contributed by atoms with Crippen molar-refractivity contribution < 1.29 is 20.8 Å². The summed E-state index contributed by atoms with van der Waals surface area (Å²) in [5.41, 5.74) is -1.05. The highest BCUT2D eigenvalue weighted by atomic mass is 16.5. The molecule has 2 rings (SSSR count). The van der Waals surface area contributed by atoms with Crippen molar-refractivity contribution in [1.29, 1.82) is 1.43 Å². The molecule has 0 radical (unpaired) electrons. The van der Waals surface area contributed by atoms with E-state index >= 15 is 0 Å². The van der Waals surface area contributed by atoms with Crippen LogP contribution in [0.4, 0.5) is 0 Å². The molecule has 2 atom stereocenters. The average molecular weight is 272 g/mol. The van der Waals surface area contributed by atoms with Gasteiger partial charge in [0.25, 0.3) is 0 Å². The van der Waals surface area contributed by atoms with Crippen LogP contribution in [-0.2, 0) is 5.60 Å². The van der Waals surface area contributed by atoms with Crippen LogP contribution < -0.4 is 4.74 Å². The summed E-state index contributed by atoms with van der Waals surface area (Å²) in [5, 5.41) is 5.12. The molecule has 0 heterocycles. The number of methoxy groups -OCH3 is 1. The van der Waals surface area contributed by atoms with Gasteiger partial charge >= 0.3 is 0 Å². The molecule has 1 saturated carbocycles. The molecule has 0 spiro atoms. The molecule has 106 valence electrons. The van der Waals surface area contributed by atoms with Gasteiger partial charge in [0, 0.05) is 19.3 Å². The molecule has 1 aromatic carbocycles. The molecular formula is C16H25NO2. The number of ether oxygens (including phenoxy) is 1. The third-order valence-corrected chi connectivity index (χ3v) is 3.64. The molecule has 0 aromatic heterocycles. The van der Waals surface area contributed by atoms with Gasteiger partial charge in [0.05, 0.1) is 16.8 Å². The van der Waals surface area contributed by atoms with E-state index in [-0.39, 0.29) is 5.75 Å². The lowest BCUT2D eigenvalue weighted by Gasteiger charge is -2.41. The molecular weight excluding hydrogens is 238 g/mol. The van der Waals surface area contributed by atoms with Gasteiger partial charge < -0.3 is 14.7 Å². The Hall–Kier alpha value is -1.06. The van der Waals surface area contributed by atoms with Gasteiger partial charge in [-0.2, -0.15) is 0 Å². The number of hydrogen-bond donors (Lipinski definition) is 1. The zero-order valence-electron chi connectivity index (χ0n) is 20.0. The number of rotatable bonds is 5. The van der Waals surface area contributed by atoms with E-state index in [1.165, 1.54) is 19.2 Å². The van der Waals surface area contributed by atoms with Crippen LogP contribution in [0.1, 0.15) is 42.2 Å². The summed E-state index contributed by atoms with van der Waals surface area (Å²) in [6.45, 7) is -4.96. The first kappa shape index (κ1) is 6.59. The predicted molar refractivity (Wildman–Crippen MR) is 77.4 cm³/mol. The molecule has 0 bridgehead atoms. The summed E-state index contributed by atoms with van der Waals surface area (Å²) in [4.78, 5) is 0.687. The highest BCUT2D eigenvalue weighted by Crippen LogP contribution is 2.42. The summed E-state index contributed by atoms with van der Waals surface area (Å²) in [6.07, 6.45) is 1.94. The molecule has 1 aromatic rings. The lowest BCUT2D eigenvalue weighted by atomic mass is 9.71. The molecule has 1 fully saturated rings. The monoisotopic (exact) mass is 272 g/mol. The average Bonchev–Trinajstić information content (AvgIpc) is 2.58. The first-order chi connectivity index (χ1) is 12.7. The first-order valence-corrected chi connectivity index (χ1v) is 6.42. The Labute approximate surface area is 128 Å². The van der Waals surface area contributed by atoms with E-state index in [1.54, 1.807) is 12.1 Å². The fourth-order valence-electron chi connectivity index (χ4n) is 2.71. The number of aliphatic hydroxyl groups is 1. The SMILES string of the molecule is [2H]O[C@@]1(c2cccc(OC([2H])([2H])[2H])c2)CCCC[C@H]1C([2H])([2H])N(C)C([2H])([2H])[2H]. The lowest BCUT2D eigenvalue weighted by molar-refractivity contribution is -0.0619. The Bertz CT molecular complexity index is 677. The Balaban J connectivity index is 2.52. The zero-order valence-corrected chi connectivity index (χ0v) is 11.0. The standard InChI is InChI=1S/C16H25NO2/c1-17(2)12-14-7-4-5-10-16(14,18)13-8-6-9-15(11-13)19-3/h6,8-9,11,14,18H,4-5,7,10,12H2,1-3H3/t14-,16+/m0/s1/i1D3,3D3,12D2,18D. The van der Waals surface area contributed by atoms with Crippen LogP contribution in [0.5, 0.6) is 5.75 Å². The van der Waals surface area contributed by atoms with Crippen LogP contribution in [0.15, 0.2) is 24.3 Å². The summed E-state index contributed by atoms with van der Waals surface area (Å²) in [6, 6.07) is 6.04. The normalized spacial score (nSPS) is 36.5. The van der Waals surface area contributed by atoms with Crippen molar-refractivity contribution >= 4 is 0 Å². The minimum absolute atomic E-state index is 0.0444. The van der Waals surface area contributed by atoms with Crippen LogP contribution in [0.2, 0.25) is 0 Å². The van der Waals surface area contributed by atoms with Crippen molar-refractivity contribution in [3.05, 3.63) is 29.8 Å². The van der Waals surface area contributed by atoms with Gasteiger partial charge in [-0.1, -0.05) is 25.0 Å². The largest absolute Gasteiger partial charge is 0.497 e. The van der Waals surface area contributed by atoms with Crippen molar-refractivity contribution in [3.63, 3.8) is 0 Å². The Morgan fingerprint density at radius 2 is 2.58 bits per heavy atom. The second kappa shape index (κ2) is 5.93. The van der Waals surface area contributed by atoms with Crippen LogP contribution >= 0.6 is 0 Å². The minimum Gasteiger partial charge on any atom is -0.497 e. The number of hydrogen-bond acceptors (Lipinski definition) is 3. The molecule has 1 aliphatic carbocycles. The van der Waals surface area contributed by atoms with E-state index in [4.69, 9.17) is 22.2 Å². The molecule has 1 aliphatic rings. The Morgan fingerprint density at radius 3 is 3.37 bits per heavy atom. The lowest BCUT2D eigenvalue weighted by Crippen LogP contribution is -2.43. The number of benzene rings is 1. The van der Waals surface area contributed by atoms with Gasteiger partial charge in [0.1, 0.15) is 5.75 Å². The molecule has 0 saturated heterocycles. The third kappa shape index (κ3) is 3.10. The maximum Gasteiger partial charge on any atom is 0.211 e. The van der Waals surface area contributed by atoms with Gasteiger partial charge in [-0.05, 0) is 44.6 Å². The fourth-order valence-corrected chi connectivity index (χ4v) is 2.71. The van der Waals surface area contributed by atoms with Crippen molar-refractivity contribution in [2.24, 2.45) is 5.92 Å². The maximum absolute atomic E-state index is 8.54. The minimum atomic E-state index is -2.67. The van der Waals surface area contributed by atoms with Crippen LogP contribution in [0.3, 0.4) is 0 Å². The first-order valence-electron chi connectivity index (χ1n) is 10.8. The van der Waals surface area contributed by atoms with Crippen LogP contribution in [0.25, 0.3) is 0 Å².